The number of hydrogen-bond donors (Lipinski definition) is 1. The number of amides is 2. The third-order valence-corrected chi connectivity index (χ3v) is 6.25. The minimum absolute atomic E-state index is 0.113. The molecule has 4 rings (SSSR count). The van der Waals surface area contributed by atoms with Crippen LogP contribution >= 0.6 is 11.3 Å². The Morgan fingerprint density at radius 2 is 1.97 bits per heavy atom. The molecule has 3 aromatic rings. The fourth-order valence-electron chi connectivity index (χ4n) is 3.92. The molecule has 1 aromatic carbocycles. The van der Waals surface area contributed by atoms with Gasteiger partial charge in [-0.05, 0) is 36.4 Å². The first kappa shape index (κ1) is 21.0. The van der Waals surface area contributed by atoms with Gasteiger partial charge in [0, 0.05) is 24.0 Å². The van der Waals surface area contributed by atoms with Gasteiger partial charge in [0.2, 0.25) is 5.91 Å². The molecule has 1 atom stereocenters. The van der Waals surface area contributed by atoms with Gasteiger partial charge in [-0.2, -0.15) is 0 Å². The van der Waals surface area contributed by atoms with Crippen LogP contribution in [0.15, 0.2) is 60.4 Å². The molecule has 1 saturated carbocycles. The van der Waals surface area contributed by atoms with Crippen molar-refractivity contribution in [2.75, 3.05) is 12.0 Å². The maximum atomic E-state index is 13.6. The standard InChI is InChI=1S/C23H24N4O3S/c1-30-19-10-5-4-9-17(19)21(22(28)26-16-7-2-3-8-16)27(20-11-6-14-31-20)23(29)18-15-24-12-13-25-18/h4-6,9-16,21H,2-3,7-8H2,1H3,(H,26,28)/t21-/m1/s1. The zero-order valence-electron chi connectivity index (χ0n) is 17.2. The van der Waals surface area contributed by atoms with Crippen LogP contribution in [0.25, 0.3) is 0 Å². The molecule has 2 aromatic heterocycles. The lowest BCUT2D eigenvalue weighted by Crippen LogP contribution is -2.46. The molecule has 1 N–H and O–H groups in total. The molecule has 0 spiro atoms. The van der Waals surface area contributed by atoms with Gasteiger partial charge in [-0.1, -0.05) is 31.0 Å². The largest absolute Gasteiger partial charge is 0.496 e. The summed E-state index contributed by atoms with van der Waals surface area (Å²) < 4.78 is 5.56. The molecule has 8 heteroatoms. The molecular formula is C23H24N4O3S. The van der Waals surface area contributed by atoms with Crippen LogP contribution in [-0.4, -0.2) is 34.9 Å². The van der Waals surface area contributed by atoms with Gasteiger partial charge in [0.25, 0.3) is 5.91 Å². The van der Waals surface area contributed by atoms with Crippen LogP contribution in [-0.2, 0) is 4.79 Å². The molecule has 0 aliphatic heterocycles. The number of para-hydroxylation sites is 1. The number of methoxy groups -OCH3 is 1. The van der Waals surface area contributed by atoms with Crippen LogP contribution in [0.1, 0.15) is 47.8 Å². The Kier molecular flexibility index (Phi) is 6.57. The molecule has 31 heavy (non-hydrogen) atoms. The number of rotatable bonds is 7. The molecule has 1 aliphatic rings. The van der Waals surface area contributed by atoms with Crippen molar-refractivity contribution in [3.05, 3.63) is 71.6 Å². The summed E-state index contributed by atoms with van der Waals surface area (Å²) in [5, 5.41) is 5.68. The molecule has 0 radical (unpaired) electrons. The Balaban J connectivity index is 1.81. The van der Waals surface area contributed by atoms with Crippen molar-refractivity contribution in [1.29, 1.82) is 0 Å². The van der Waals surface area contributed by atoms with E-state index in [1.54, 1.807) is 13.2 Å². The summed E-state index contributed by atoms with van der Waals surface area (Å²) in [6.45, 7) is 0. The zero-order chi connectivity index (χ0) is 21.6. The quantitative estimate of drug-likeness (QED) is 0.605. The average Bonchev–Trinajstić information content (AvgIpc) is 3.52. The normalized spacial score (nSPS) is 14.7. The summed E-state index contributed by atoms with van der Waals surface area (Å²) in [6.07, 6.45) is 8.47. The fourth-order valence-corrected chi connectivity index (χ4v) is 4.68. The summed E-state index contributed by atoms with van der Waals surface area (Å²) in [5.74, 6) is -0.0855. The number of aromatic nitrogens is 2. The van der Waals surface area contributed by atoms with E-state index in [2.05, 4.69) is 15.3 Å². The zero-order valence-corrected chi connectivity index (χ0v) is 18.0. The molecule has 2 heterocycles. The smallest absolute Gasteiger partial charge is 0.280 e. The van der Waals surface area contributed by atoms with E-state index >= 15 is 0 Å². The minimum Gasteiger partial charge on any atom is -0.496 e. The van der Waals surface area contributed by atoms with Gasteiger partial charge in [-0.15, -0.1) is 11.3 Å². The van der Waals surface area contributed by atoms with Gasteiger partial charge in [0.1, 0.15) is 17.5 Å². The highest BCUT2D eigenvalue weighted by atomic mass is 32.1. The van der Waals surface area contributed by atoms with Crippen molar-refractivity contribution in [2.45, 2.75) is 37.8 Å². The SMILES string of the molecule is COc1ccccc1[C@H](C(=O)NC1CCCC1)N(C(=O)c1cnccn1)c1cccs1. The molecule has 160 valence electrons. The lowest BCUT2D eigenvalue weighted by Gasteiger charge is -2.31. The lowest BCUT2D eigenvalue weighted by atomic mass is 10.0. The topological polar surface area (TPSA) is 84.4 Å². The van der Waals surface area contributed by atoms with Crippen molar-refractivity contribution in [1.82, 2.24) is 15.3 Å². The van der Waals surface area contributed by atoms with E-state index in [1.165, 1.54) is 34.8 Å². The highest BCUT2D eigenvalue weighted by Gasteiger charge is 2.37. The number of carbonyl (C=O) groups excluding carboxylic acids is 2. The van der Waals surface area contributed by atoms with Gasteiger partial charge in [0.15, 0.2) is 0 Å². The molecule has 0 saturated heterocycles. The monoisotopic (exact) mass is 436 g/mol. The predicted molar refractivity (Wildman–Crippen MR) is 119 cm³/mol. The second-order valence-electron chi connectivity index (χ2n) is 7.35. The van der Waals surface area contributed by atoms with Gasteiger partial charge in [0.05, 0.1) is 18.3 Å². The summed E-state index contributed by atoms with van der Waals surface area (Å²) in [6, 6.07) is 10.2. The first-order valence-corrected chi connectivity index (χ1v) is 11.1. The number of nitrogens with zero attached hydrogens (tertiary/aromatic N) is 3. The molecule has 1 fully saturated rings. The summed E-state index contributed by atoms with van der Waals surface area (Å²) in [7, 11) is 1.56. The van der Waals surface area contributed by atoms with Crippen LogP contribution in [0.4, 0.5) is 5.00 Å². The van der Waals surface area contributed by atoms with Crippen molar-refractivity contribution < 1.29 is 14.3 Å². The number of carbonyl (C=O) groups is 2. The Morgan fingerprint density at radius 1 is 1.16 bits per heavy atom. The van der Waals surface area contributed by atoms with Crippen molar-refractivity contribution >= 4 is 28.2 Å². The van der Waals surface area contributed by atoms with E-state index in [0.717, 1.165) is 25.7 Å². The van der Waals surface area contributed by atoms with Gasteiger partial charge in [-0.3, -0.25) is 19.5 Å². The number of nitrogens with one attached hydrogen (secondary N) is 1. The van der Waals surface area contributed by atoms with Gasteiger partial charge < -0.3 is 10.1 Å². The Morgan fingerprint density at radius 3 is 2.65 bits per heavy atom. The third kappa shape index (κ3) is 4.59. The van der Waals surface area contributed by atoms with Crippen molar-refractivity contribution in [2.24, 2.45) is 0 Å². The van der Waals surface area contributed by atoms with Crippen molar-refractivity contribution in [3.63, 3.8) is 0 Å². The number of ether oxygens (including phenoxy) is 1. The Hall–Kier alpha value is -3.26. The highest BCUT2D eigenvalue weighted by molar-refractivity contribution is 7.14. The first-order valence-electron chi connectivity index (χ1n) is 10.3. The Labute approximate surface area is 185 Å². The molecule has 0 bridgehead atoms. The fraction of sp³-hybridized carbons (Fsp3) is 0.304. The lowest BCUT2D eigenvalue weighted by molar-refractivity contribution is -0.123. The minimum atomic E-state index is -0.912. The Bertz CT molecular complexity index is 1020. The molecule has 2 amide bonds. The first-order chi connectivity index (χ1) is 15.2. The maximum Gasteiger partial charge on any atom is 0.280 e. The van der Waals surface area contributed by atoms with E-state index in [0.29, 0.717) is 16.3 Å². The van der Waals surface area contributed by atoms with Crippen LogP contribution in [0, 0.1) is 0 Å². The van der Waals surface area contributed by atoms with Gasteiger partial charge >= 0.3 is 0 Å². The summed E-state index contributed by atoms with van der Waals surface area (Å²) >= 11 is 1.39. The van der Waals surface area contributed by atoms with Crippen LogP contribution in [0.2, 0.25) is 0 Å². The van der Waals surface area contributed by atoms with Crippen LogP contribution in [0.3, 0.4) is 0 Å². The van der Waals surface area contributed by atoms with E-state index in [1.807, 2.05) is 35.7 Å². The van der Waals surface area contributed by atoms with Crippen molar-refractivity contribution in [3.8, 4) is 5.75 Å². The van der Waals surface area contributed by atoms with E-state index in [-0.39, 0.29) is 17.6 Å². The van der Waals surface area contributed by atoms with E-state index in [4.69, 9.17) is 4.74 Å². The molecular weight excluding hydrogens is 412 g/mol. The summed E-state index contributed by atoms with van der Waals surface area (Å²) in [4.78, 5) is 37.0. The predicted octanol–water partition coefficient (Wildman–Crippen LogP) is 3.99. The highest BCUT2D eigenvalue weighted by Crippen LogP contribution is 2.36. The number of thiophene rings is 1. The second-order valence-corrected chi connectivity index (χ2v) is 8.28. The average molecular weight is 437 g/mol. The molecule has 0 unspecified atom stereocenters. The molecule has 1 aliphatic carbocycles. The third-order valence-electron chi connectivity index (χ3n) is 5.39. The van der Waals surface area contributed by atoms with Crippen LogP contribution < -0.4 is 15.0 Å². The number of hydrogen-bond acceptors (Lipinski definition) is 6. The van der Waals surface area contributed by atoms with Gasteiger partial charge in [-0.25, -0.2) is 4.98 Å². The summed E-state index contributed by atoms with van der Waals surface area (Å²) in [5.41, 5.74) is 0.788. The number of anilines is 1. The number of benzene rings is 1. The van der Waals surface area contributed by atoms with E-state index < -0.39 is 11.9 Å². The second kappa shape index (κ2) is 9.70. The van der Waals surface area contributed by atoms with Crippen LogP contribution in [0.5, 0.6) is 5.75 Å². The van der Waals surface area contributed by atoms with E-state index in [9.17, 15) is 9.59 Å². The maximum absolute atomic E-state index is 13.6. The molecule has 7 nitrogen and oxygen atoms in total.